The van der Waals surface area contributed by atoms with Gasteiger partial charge in [0.25, 0.3) is 0 Å². The van der Waals surface area contributed by atoms with Gasteiger partial charge in [-0.1, -0.05) is 11.8 Å². The lowest BCUT2D eigenvalue weighted by atomic mass is 10.2. The van der Waals surface area contributed by atoms with Gasteiger partial charge in [0.1, 0.15) is 0 Å². The predicted molar refractivity (Wildman–Crippen MR) is 76.9 cm³/mol. The summed E-state index contributed by atoms with van der Waals surface area (Å²) in [6.45, 7) is 1.38. The summed E-state index contributed by atoms with van der Waals surface area (Å²) in [4.78, 5) is 13.1. The van der Waals surface area contributed by atoms with Crippen LogP contribution in [0.1, 0.15) is 5.56 Å². The van der Waals surface area contributed by atoms with E-state index in [0.717, 1.165) is 17.5 Å². The molecule has 7 heteroatoms. The lowest BCUT2D eigenvalue weighted by molar-refractivity contribution is 0.252. The lowest BCUT2D eigenvalue weighted by Gasteiger charge is -2.13. The van der Waals surface area contributed by atoms with Crippen molar-refractivity contribution in [3.8, 4) is 11.8 Å². The molecular formula is C13H15N3O3S. The Balaban J connectivity index is 1.98. The van der Waals surface area contributed by atoms with Gasteiger partial charge in [-0.2, -0.15) is 0 Å². The van der Waals surface area contributed by atoms with E-state index in [2.05, 4.69) is 21.9 Å². The highest BCUT2D eigenvalue weighted by molar-refractivity contribution is 7.88. The van der Waals surface area contributed by atoms with Gasteiger partial charge in [-0.05, 0) is 24.3 Å². The molecule has 2 N–H and O–H groups in total. The average Bonchev–Trinajstić information content (AvgIpc) is 2.81. The molecule has 1 aliphatic heterocycles. The summed E-state index contributed by atoms with van der Waals surface area (Å²) in [6.07, 6.45) is 1.09. The minimum atomic E-state index is -3.21. The highest BCUT2D eigenvalue weighted by Crippen LogP contribution is 2.16. The van der Waals surface area contributed by atoms with E-state index in [-0.39, 0.29) is 12.6 Å². The van der Waals surface area contributed by atoms with Crippen LogP contribution in [-0.2, 0) is 10.0 Å². The summed E-state index contributed by atoms with van der Waals surface area (Å²) in [6, 6.07) is 7.14. The molecule has 6 nitrogen and oxygen atoms in total. The average molecular weight is 293 g/mol. The summed E-state index contributed by atoms with van der Waals surface area (Å²) >= 11 is 0. The number of hydrogen-bond donors (Lipinski definition) is 2. The van der Waals surface area contributed by atoms with Gasteiger partial charge in [-0.15, -0.1) is 0 Å². The monoisotopic (exact) mass is 293 g/mol. The molecule has 1 aliphatic rings. The molecule has 1 saturated heterocycles. The molecule has 1 heterocycles. The standard InChI is InChI=1S/C13H15N3O3S/c1-20(18,19)15-8-2-3-11-4-6-12(7-5-11)16-10-9-14-13(16)17/h4-7,15H,8-10H2,1H3,(H,14,17). The number of anilines is 1. The minimum absolute atomic E-state index is 0.0785. The number of amides is 2. The topological polar surface area (TPSA) is 78.5 Å². The first-order chi connectivity index (χ1) is 9.46. The van der Waals surface area contributed by atoms with Crippen molar-refractivity contribution in [3.05, 3.63) is 29.8 Å². The molecule has 20 heavy (non-hydrogen) atoms. The summed E-state index contributed by atoms with van der Waals surface area (Å²) in [5, 5.41) is 2.73. The molecule has 106 valence electrons. The van der Waals surface area contributed by atoms with Crippen molar-refractivity contribution in [2.24, 2.45) is 0 Å². The number of urea groups is 1. The van der Waals surface area contributed by atoms with Crippen molar-refractivity contribution in [1.29, 1.82) is 0 Å². The van der Waals surface area contributed by atoms with Gasteiger partial charge < -0.3 is 5.32 Å². The summed E-state index contributed by atoms with van der Waals surface area (Å²) in [5.74, 6) is 5.57. The van der Waals surface area contributed by atoms with E-state index >= 15 is 0 Å². The molecule has 0 atom stereocenters. The first kappa shape index (κ1) is 14.4. The van der Waals surface area contributed by atoms with Crippen molar-refractivity contribution >= 4 is 21.7 Å². The Labute approximate surface area is 118 Å². The molecule has 1 fully saturated rings. The Morgan fingerprint density at radius 3 is 2.60 bits per heavy atom. The molecule has 0 unspecified atom stereocenters. The van der Waals surface area contributed by atoms with Crippen molar-refractivity contribution in [2.75, 3.05) is 30.8 Å². The van der Waals surface area contributed by atoms with Gasteiger partial charge in [0.05, 0.1) is 12.8 Å². The SMILES string of the molecule is CS(=O)(=O)NCC#Cc1ccc(N2CCNC2=O)cc1. The Bertz CT molecular complexity index is 656. The number of sulfonamides is 1. The maximum Gasteiger partial charge on any atom is 0.321 e. The second kappa shape index (κ2) is 5.94. The fourth-order valence-electron chi connectivity index (χ4n) is 1.76. The number of carbonyl (C=O) groups is 1. The van der Waals surface area contributed by atoms with Gasteiger partial charge in [0.2, 0.25) is 10.0 Å². The molecule has 0 aliphatic carbocycles. The second-order valence-electron chi connectivity index (χ2n) is 4.33. The van der Waals surface area contributed by atoms with Crippen LogP contribution in [0, 0.1) is 11.8 Å². The van der Waals surface area contributed by atoms with Crippen LogP contribution in [0.5, 0.6) is 0 Å². The van der Waals surface area contributed by atoms with E-state index in [0.29, 0.717) is 13.1 Å². The van der Waals surface area contributed by atoms with Crippen molar-refractivity contribution in [1.82, 2.24) is 10.0 Å². The molecule has 1 aromatic carbocycles. The molecule has 2 amide bonds. The van der Waals surface area contributed by atoms with E-state index in [1.807, 2.05) is 12.1 Å². The van der Waals surface area contributed by atoms with Crippen LogP contribution in [-0.4, -0.2) is 40.3 Å². The van der Waals surface area contributed by atoms with E-state index in [1.165, 1.54) is 0 Å². The molecule has 0 saturated carbocycles. The van der Waals surface area contributed by atoms with Crippen molar-refractivity contribution in [3.63, 3.8) is 0 Å². The normalized spacial score (nSPS) is 14.7. The molecule has 0 aromatic heterocycles. The van der Waals surface area contributed by atoms with Crippen LogP contribution in [0.25, 0.3) is 0 Å². The molecule has 1 aromatic rings. The molecule has 0 bridgehead atoms. The number of rotatable bonds is 3. The van der Waals surface area contributed by atoms with Crippen LogP contribution in [0.15, 0.2) is 24.3 Å². The smallest absolute Gasteiger partial charge is 0.321 e. The fraction of sp³-hybridized carbons (Fsp3) is 0.308. The Morgan fingerprint density at radius 2 is 2.05 bits per heavy atom. The highest BCUT2D eigenvalue weighted by atomic mass is 32.2. The third-order valence-electron chi connectivity index (χ3n) is 2.69. The van der Waals surface area contributed by atoms with Gasteiger partial charge in [-0.3, -0.25) is 4.90 Å². The first-order valence-electron chi connectivity index (χ1n) is 6.05. The zero-order valence-corrected chi connectivity index (χ0v) is 11.8. The van der Waals surface area contributed by atoms with E-state index in [9.17, 15) is 13.2 Å². The number of hydrogen-bond acceptors (Lipinski definition) is 3. The Kier molecular flexibility index (Phi) is 4.27. The minimum Gasteiger partial charge on any atom is -0.336 e. The summed E-state index contributed by atoms with van der Waals surface area (Å²) < 4.78 is 24.0. The van der Waals surface area contributed by atoms with E-state index in [4.69, 9.17) is 0 Å². The highest BCUT2D eigenvalue weighted by Gasteiger charge is 2.20. The third-order valence-corrected chi connectivity index (χ3v) is 3.36. The van der Waals surface area contributed by atoms with Gasteiger partial charge in [0.15, 0.2) is 0 Å². The predicted octanol–water partition coefficient (Wildman–Crippen LogP) is 0.117. The van der Waals surface area contributed by atoms with Crippen LogP contribution in [0.4, 0.5) is 10.5 Å². The largest absolute Gasteiger partial charge is 0.336 e. The zero-order chi connectivity index (χ0) is 14.6. The Hall–Kier alpha value is -2.04. The number of nitrogens with one attached hydrogen (secondary N) is 2. The van der Waals surface area contributed by atoms with Crippen molar-refractivity contribution < 1.29 is 13.2 Å². The third kappa shape index (κ3) is 3.98. The quantitative estimate of drug-likeness (QED) is 0.777. The maximum absolute atomic E-state index is 11.5. The maximum atomic E-state index is 11.5. The van der Waals surface area contributed by atoms with Crippen LogP contribution in [0.3, 0.4) is 0 Å². The fourth-order valence-corrected chi connectivity index (χ4v) is 2.09. The molecule has 0 spiro atoms. The van der Waals surface area contributed by atoms with Gasteiger partial charge in [-0.25, -0.2) is 17.9 Å². The van der Waals surface area contributed by atoms with Crippen LogP contribution in [0.2, 0.25) is 0 Å². The van der Waals surface area contributed by atoms with Crippen LogP contribution < -0.4 is 14.9 Å². The molecular weight excluding hydrogens is 278 g/mol. The number of benzene rings is 1. The van der Waals surface area contributed by atoms with Crippen LogP contribution >= 0.6 is 0 Å². The number of nitrogens with zero attached hydrogens (tertiary/aromatic N) is 1. The first-order valence-corrected chi connectivity index (χ1v) is 7.94. The lowest BCUT2D eigenvalue weighted by Crippen LogP contribution is -2.27. The summed E-state index contributed by atoms with van der Waals surface area (Å²) in [5.41, 5.74) is 1.59. The second-order valence-corrected chi connectivity index (χ2v) is 6.16. The molecule has 2 rings (SSSR count). The number of carbonyl (C=O) groups excluding carboxylic acids is 1. The van der Waals surface area contributed by atoms with Gasteiger partial charge in [0, 0.05) is 24.3 Å². The van der Waals surface area contributed by atoms with Crippen molar-refractivity contribution in [2.45, 2.75) is 0 Å². The molecule has 0 radical (unpaired) electrons. The van der Waals surface area contributed by atoms with E-state index < -0.39 is 10.0 Å². The summed E-state index contributed by atoms with van der Waals surface area (Å²) in [7, 11) is -3.21. The zero-order valence-electron chi connectivity index (χ0n) is 11.0. The van der Waals surface area contributed by atoms with Gasteiger partial charge >= 0.3 is 6.03 Å². The van der Waals surface area contributed by atoms with E-state index in [1.54, 1.807) is 17.0 Å². The Morgan fingerprint density at radius 1 is 1.35 bits per heavy atom.